The molecule has 2 aromatic rings. The van der Waals surface area contributed by atoms with Crippen LogP contribution in [0.25, 0.3) is 11.4 Å². The highest BCUT2D eigenvalue weighted by Gasteiger charge is 2.21. The van der Waals surface area contributed by atoms with E-state index in [1.54, 1.807) is 6.07 Å². The topological polar surface area (TPSA) is 82.1 Å². The van der Waals surface area contributed by atoms with Crippen molar-refractivity contribution in [2.75, 3.05) is 0 Å². The fraction of sp³-hybridized carbons (Fsp3) is 0. The normalized spacial score (nSPS) is 10.2. The van der Waals surface area contributed by atoms with Crippen LogP contribution in [0.3, 0.4) is 0 Å². The number of rotatable bonds is 2. The Labute approximate surface area is 88.6 Å². The maximum absolute atomic E-state index is 10.8. The molecule has 0 bridgehead atoms. The molecule has 0 spiro atoms. The molecule has 0 saturated heterocycles. The zero-order valence-corrected chi connectivity index (χ0v) is 8.01. The van der Waals surface area contributed by atoms with Crippen LogP contribution in [-0.4, -0.2) is 15.1 Å². The van der Waals surface area contributed by atoms with E-state index in [1.165, 1.54) is 12.1 Å². The predicted molar refractivity (Wildman–Crippen MR) is 51.4 cm³/mol. The lowest BCUT2D eigenvalue weighted by Gasteiger charge is -1.98. The molecule has 0 aliphatic heterocycles. The molecule has 0 atom stereocenters. The van der Waals surface area contributed by atoms with E-state index in [9.17, 15) is 10.1 Å². The van der Waals surface area contributed by atoms with Gasteiger partial charge in [-0.15, -0.1) is 0 Å². The molecule has 1 aromatic carbocycles. The summed E-state index contributed by atoms with van der Waals surface area (Å²) >= 11 is 5.71. The van der Waals surface area contributed by atoms with Crippen molar-refractivity contribution in [3.05, 3.63) is 39.7 Å². The molecule has 0 N–H and O–H groups in total. The SMILES string of the molecule is O=[N+]([O-])c1c(Cl)cccc1-c1ncon1. The maximum Gasteiger partial charge on any atom is 0.298 e. The Morgan fingerprint density at radius 1 is 1.47 bits per heavy atom. The molecule has 2 rings (SSSR count). The molecule has 0 aliphatic carbocycles. The van der Waals surface area contributed by atoms with Crippen molar-refractivity contribution >= 4 is 17.3 Å². The minimum absolute atomic E-state index is 0.0438. The number of aromatic nitrogens is 2. The molecule has 0 saturated carbocycles. The molecule has 0 amide bonds. The van der Waals surface area contributed by atoms with Crippen molar-refractivity contribution in [2.45, 2.75) is 0 Å². The van der Waals surface area contributed by atoms with Crippen LogP contribution in [0.15, 0.2) is 29.1 Å². The van der Waals surface area contributed by atoms with Gasteiger partial charge in [-0.1, -0.05) is 22.8 Å². The molecule has 1 aromatic heterocycles. The molecule has 1 heterocycles. The Morgan fingerprint density at radius 2 is 2.27 bits per heavy atom. The van der Waals surface area contributed by atoms with E-state index in [-0.39, 0.29) is 22.1 Å². The summed E-state index contributed by atoms with van der Waals surface area (Å²) in [4.78, 5) is 13.9. The number of nitro benzene ring substituents is 1. The van der Waals surface area contributed by atoms with Crippen molar-refractivity contribution in [3.63, 3.8) is 0 Å². The van der Waals surface area contributed by atoms with Crippen LogP contribution in [0.5, 0.6) is 0 Å². The number of nitrogens with zero attached hydrogens (tertiary/aromatic N) is 3. The van der Waals surface area contributed by atoms with Gasteiger partial charge >= 0.3 is 0 Å². The molecular formula is C8H4ClN3O3. The minimum atomic E-state index is -0.575. The third-order valence-electron chi connectivity index (χ3n) is 1.77. The number of halogens is 1. The molecule has 0 unspecified atom stereocenters. The van der Waals surface area contributed by atoms with Gasteiger partial charge in [0, 0.05) is 0 Å². The molecular weight excluding hydrogens is 222 g/mol. The quantitative estimate of drug-likeness (QED) is 0.578. The summed E-state index contributed by atoms with van der Waals surface area (Å²) in [6, 6.07) is 4.53. The van der Waals surface area contributed by atoms with Gasteiger partial charge in [0.05, 0.1) is 4.92 Å². The maximum atomic E-state index is 10.8. The monoisotopic (exact) mass is 225 g/mol. The zero-order chi connectivity index (χ0) is 10.8. The minimum Gasteiger partial charge on any atom is -0.342 e. The van der Waals surface area contributed by atoms with Crippen molar-refractivity contribution in [2.24, 2.45) is 0 Å². The van der Waals surface area contributed by atoms with Gasteiger partial charge in [-0.3, -0.25) is 10.1 Å². The van der Waals surface area contributed by atoms with Crippen LogP contribution in [0.2, 0.25) is 5.02 Å². The van der Waals surface area contributed by atoms with E-state index >= 15 is 0 Å². The Kier molecular flexibility index (Phi) is 2.34. The van der Waals surface area contributed by atoms with Crippen LogP contribution in [-0.2, 0) is 0 Å². The summed E-state index contributed by atoms with van der Waals surface area (Å²) in [5, 5.41) is 14.3. The average molecular weight is 226 g/mol. The van der Waals surface area contributed by atoms with Crippen LogP contribution in [0, 0.1) is 10.1 Å². The molecule has 76 valence electrons. The smallest absolute Gasteiger partial charge is 0.298 e. The summed E-state index contributed by atoms with van der Waals surface area (Å²) in [5.41, 5.74) is 0.0156. The number of nitro groups is 1. The first kappa shape index (κ1) is 9.60. The lowest BCUT2D eigenvalue weighted by molar-refractivity contribution is -0.384. The molecule has 6 nitrogen and oxygen atoms in total. The second-order valence-electron chi connectivity index (χ2n) is 2.65. The number of benzene rings is 1. The van der Waals surface area contributed by atoms with Gasteiger partial charge < -0.3 is 4.52 Å². The average Bonchev–Trinajstić information content (AvgIpc) is 2.69. The van der Waals surface area contributed by atoms with Crippen molar-refractivity contribution in [3.8, 4) is 11.4 Å². The van der Waals surface area contributed by atoms with E-state index in [1.807, 2.05) is 0 Å². The second-order valence-corrected chi connectivity index (χ2v) is 3.06. The van der Waals surface area contributed by atoms with E-state index in [0.29, 0.717) is 0 Å². The fourth-order valence-electron chi connectivity index (χ4n) is 1.17. The Balaban J connectivity index is 2.66. The van der Waals surface area contributed by atoms with Crippen LogP contribution >= 0.6 is 11.6 Å². The molecule has 0 fully saturated rings. The van der Waals surface area contributed by atoms with Crippen molar-refractivity contribution in [1.82, 2.24) is 10.1 Å². The lowest BCUT2D eigenvalue weighted by atomic mass is 10.1. The van der Waals surface area contributed by atoms with Crippen LogP contribution in [0.4, 0.5) is 5.69 Å². The van der Waals surface area contributed by atoms with Crippen LogP contribution in [0.1, 0.15) is 0 Å². The number of para-hydroxylation sites is 1. The predicted octanol–water partition coefficient (Wildman–Crippen LogP) is 2.30. The highest BCUT2D eigenvalue weighted by atomic mass is 35.5. The third-order valence-corrected chi connectivity index (χ3v) is 2.08. The summed E-state index contributed by atoms with van der Waals surface area (Å²) in [5.74, 6) is 0.143. The first-order valence-electron chi connectivity index (χ1n) is 3.90. The van der Waals surface area contributed by atoms with Gasteiger partial charge in [0.2, 0.25) is 12.2 Å². The van der Waals surface area contributed by atoms with Crippen molar-refractivity contribution in [1.29, 1.82) is 0 Å². The Morgan fingerprint density at radius 3 is 2.87 bits per heavy atom. The highest BCUT2D eigenvalue weighted by molar-refractivity contribution is 6.33. The molecule has 0 aliphatic rings. The van der Waals surface area contributed by atoms with Gasteiger partial charge in [0.1, 0.15) is 10.6 Å². The van der Waals surface area contributed by atoms with Gasteiger partial charge in [0.15, 0.2) is 0 Å². The summed E-state index contributed by atoms with van der Waals surface area (Å²) in [6.45, 7) is 0. The van der Waals surface area contributed by atoms with Gasteiger partial charge in [-0.25, -0.2) is 0 Å². The number of hydrogen-bond donors (Lipinski definition) is 0. The van der Waals surface area contributed by atoms with Crippen molar-refractivity contribution < 1.29 is 9.45 Å². The molecule has 0 radical (unpaired) electrons. The van der Waals surface area contributed by atoms with E-state index in [4.69, 9.17) is 11.6 Å². The first-order valence-corrected chi connectivity index (χ1v) is 4.27. The zero-order valence-electron chi connectivity index (χ0n) is 7.25. The number of hydrogen-bond acceptors (Lipinski definition) is 5. The van der Waals surface area contributed by atoms with E-state index in [2.05, 4.69) is 14.7 Å². The Bertz CT molecular complexity index is 498. The van der Waals surface area contributed by atoms with Gasteiger partial charge in [-0.05, 0) is 12.1 Å². The summed E-state index contributed by atoms with van der Waals surface area (Å²) < 4.78 is 4.52. The fourth-order valence-corrected chi connectivity index (χ4v) is 1.41. The largest absolute Gasteiger partial charge is 0.342 e. The summed E-state index contributed by atoms with van der Waals surface area (Å²) in [7, 11) is 0. The Hall–Kier alpha value is -1.95. The third kappa shape index (κ3) is 1.66. The highest BCUT2D eigenvalue weighted by Crippen LogP contribution is 2.33. The molecule has 15 heavy (non-hydrogen) atoms. The second kappa shape index (κ2) is 3.66. The van der Waals surface area contributed by atoms with Crippen LogP contribution < -0.4 is 0 Å². The first-order chi connectivity index (χ1) is 7.20. The standard InChI is InChI=1S/C8H4ClN3O3/c9-6-3-1-2-5(7(6)12(13)14)8-10-4-15-11-8/h1-4H. The summed E-state index contributed by atoms with van der Waals surface area (Å²) in [6.07, 6.45) is 1.10. The lowest BCUT2D eigenvalue weighted by Crippen LogP contribution is -1.93. The van der Waals surface area contributed by atoms with Gasteiger partial charge in [-0.2, -0.15) is 4.98 Å². The molecule has 7 heteroatoms. The van der Waals surface area contributed by atoms with E-state index in [0.717, 1.165) is 6.39 Å². The van der Waals surface area contributed by atoms with E-state index < -0.39 is 4.92 Å². The van der Waals surface area contributed by atoms with Gasteiger partial charge in [0.25, 0.3) is 5.69 Å².